The monoisotopic (exact) mass is 369 g/mol. The van der Waals surface area contributed by atoms with Crippen molar-refractivity contribution in [2.45, 2.75) is 32.2 Å². The molecule has 4 heterocycles. The topological polar surface area (TPSA) is 79.6 Å². The summed E-state index contributed by atoms with van der Waals surface area (Å²) in [6, 6.07) is 6.82. The summed E-state index contributed by atoms with van der Waals surface area (Å²) in [6.45, 7) is 2.43. The molecule has 7 nitrogen and oxygen atoms in total. The van der Waals surface area contributed by atoms with Crippen molar-refractivity contribution < 1.29 is 9.59 Å². The number of aromatic nitrogens is 3. The Morgan fingerprint density at radius 3 is 2.96 bits per heavy atom. The number of carbonyl (C=O) groups excluding carboxylic acids is 2. The van der Waals surface area contributed by atoms with Gasteiger partial charge in [0.05, 0.1) is 16.8 Å². The molecule has 134 valence electrons. The Hall–Kier alpha value is -2.74. The second-order valence-corrected chi connectivity index (χ2v) is 7.30. The SMILES string of the molecule is Cc1nc2ccc(NC(=O)C3CCCCN3C(=O)c3cccs3)cn2n1. The van der Waals surface area contributed by atoms with E-state index in [1.807, 2.05) is 24.4 Å². The number of aryl methyl sites for hydroxylation is 1. The smallest absolute Gasteiger partial charge is 0.264 e. The molecule has 1 N–H and O–H groups in total. The number of fused-ring (bicyclic) bond motifs is 1. The lowest BCUT2D eigenvalue weighted by molar-refractivity contribution is -0.121. The highest BCUT2D eigenvalue weighted by atomic mass is 32.1. The molecule has 1 aliphatic rings. The van der Waals surface area contributed by atoms with E-state index in [2.05, 4.69) is 15.4 Å². The van der Waals surface area contributed by atoms with Crippen LogP contribution in [0.2, 0.25) is 0 Å². The van der Waals surface area contributed by atoms with Crippen molar-refractivity contribution in [2.75, 3.05) is 11.9 Å². The fourth-order valence-corrected chi connectivity index (χ4v) is 3.96. The molecule has 1 aliphatic heterocycles. The molecule has 1 saturated heterocycles. The van der Waals surface area contributed by atoms with Crippen LogP contribution in [0.25, 0.3) is 5.65 Å². The lowest BCUT2D eigenvalue weighted by Gasteiger charge is -2.34. The number of nitrogens with one attached hydrogen (secondary N) is 1. The molecule has 2 amide bonds. The highest BCUT2D eigenvalue weighted by molar-refractivity contribution is 7.12. The van der Waals surface area contributed by atoms with E-state index in [1.54, 1.807) is 27.7 Å². The molecule has 0 bridgehead atoms. The Kier molecular flexibility index (Phi) is 4.42. The van der Waals surface area contributed by atoms with E-state index in [0.29, 0.717) is 29.4 Å². The summed E-state index contributed by atoms with van der Waals surface area (Å²) < 4.78 is 1.64. The van der Waals surface area contributed by atoms with E-state index >= 15 is 0 Å². The first-order valence-corrected chi connectivity index (χ1v) is 9.48. The van der Waals surface area contributed by atoms with E-state index in [1.165, 1.54) is 11.3 Å². The van der Waals surface area contributed by atoms with Gasteiger partial charge in [-0.15, -0.1) is 11.3 Å². The molecule has 1 unspecified atom stereocenters. The third-order valence-corrected chi connectivity index (χ3v) is 5.36. The van der Waals surface area contributed by atoms with Gasteiger partial charge in [0.2, 0.25) is 5.91 Å². The highest BCUT2D eigenvalue weighted by Gasteiger charge is 2.33. The normalized spacial score (nSPS) is 17.4. The molecule has 26 heavy (non-hydrogen) atoms. The summed E-state index contributed by atoms with van der Waals surface area (Å²) in [5.74, 6) is 0.446. The molecular formula is C18H19N5O2S. The average Bonchev–Trinajstić information content (AvgIpc) is 3.29. The Bertz CT molecular complexity index is 950. The summed E-state index contributed by atoms with van der Waals surface area (Å²) in [7, 11) is 0. The molecule has 0 radical (unpaired) electrons. The molecule has 0 saturated carbocycles. The zero-order valence-corrected chi connectivity index (χ0v) is 15.2. The summed E-state index contributed by atoms with van der Waals surface area (Å²) >= 11 is 1.40. The first-order valence-electron chi connectivity index (χ1n) is 8.60. The molecule has 4 rings (SSSR count). The van der Waals surface area contributed by atoms with Gasteiger partial charge in [0.1, 0.15) is 11.9 Å². The first kappa shape index (κ1) is 16.7. The number of hydrogen-bond donors (Lipinski definition) is 1. The van der Waals surface area contributed by atoms with Crippen LogP contribution in [0.4, 0.5) is 5.69 Å². The van der Waals surface area contributed by atoms with Gasteiger partial charge in [0.15, 0.2) is 5.65 Å². The van der Waals surface area contributed by atoms with Crippen molar-refractivity contribution in [3.8, 4) is 0 Å². The Labute approximate surface area is 154 Å². The standard InChI is InChI=1S/C18H19N5O2S/c1-12-19-16-8-7-13(11-23(16)21-12)20-17(24)14-5-2-3-9-22(14)18(25)15-6-4-10-26-15/h4,6-8,10-11,14H,2-3,5,9H2,1H3,(H,20,24). The highest BCUT2D eigenvalue weighted by Crippen LogP contribution is 2.23. The minimum absolute atomic E-state index is 0.0674. The molecule has 3 aromatic rings. The van der Waals surface area contributed by atoms with Gasteiger partial charge in [0, 0.05) is 6.54 Å². The average molecular weight is 369 g/mol. The summed E-state index contributed by atoms with van der Waals surface area (Å²) in [5.41, 5.74) is 1.37. The number of amides is 2. The van der Waals surface area contributed by atoms with Gasteiger partial charge < -0.3 is 10.2 Å². The number of hydrogen-bond acceptors (Lipinski definition) is 5. The number of piperidine rings is 1. The number of carbonyl (C=O) groups is 2. The first-order chi connectivity index (χ1) is 12.6. The zero-order chi connectivity index (χ0) is 18.1. The number of pyridine rings is 1. The Morgan fingerprint density at radius 2 is 2.15 bits per heavy atom. The van der Waals surface area contributed by atoms with Crippen molar-refractivity contribution in [3.05, 3.63) is 46.5 Å². The van der Waals surface area contributed by atoms with Gasteiger partial charge in [-0.3, -0.25) is 9.59 Å². The van der Waals surface area contributed by atoms with Gasteiger partial charge in [-0.25, -0.2) is 9.50 Å². The Morgan fingerprint density at radius 1 is 1.27 bits per heavy atom. The van der Waals surface area contributed by atoms with E-state index < -0.39 is 6.04 Å². The quantitative estimate of drug-likeness (QED) is 0.770. The maximum Gasteiger partial charge on any atom is 0.264 e. The fraction of sp³-hybridized carbons (Fsp3) is 0.333. The van der Waals surface area contributed by atoms with Crippen LogP contribution in [0.3, 0.4) is 0 Å². The number of nitrogens with zero attached hydrogens (tertiary/aromatic N) is 4. The number of anilines is 1. The van der Waals surface area contributed by atoms with Crippen LogP contribution in [-0.2, 0) is 4.79 Å². The number of likely N-dealkylation sites (tertiary alicyclic amines) is 1. The predicted octanol–water partition coefficient (Wildman–Crippen LogP) is 2.73. The maximum absolute atomic E-state index is 12.8. The molecule has 1 atom stereocenters. The third kappa shape index (κ3) is 3.20. The van der Waals surface area contributed by atoms with Crippen LogP contribution in [0.1, 0.15) is 34.8 Å². The second kappa shape index (κ2) is 6.87. The largest absolute Gasteiger partial charge is 0.326 e. The molecule has 0 aromatic carbocycles. The molecule has 3 aromatic heterocycles. The minimum Gasteiger partial charge on any atom is -0.326 e. The maximum atomic E-state index is 12.8. The van der Waals surface area contributed by atoms with Crippen LogP contribution >= 0.6 is 11.3 Å². The van der Waals surface area contributed by atoms with Gasteiger partial charge >= 0.3 is 0 Å². The van der Waals surface area contributed by atoms with Crippen LogP contribution < -0.4 is 5.32 Å². The molecule has 0 spiro atoms. The van der Waals surface area contributed by atoms with E-state index in [-0.39, 0.29) is 11.8 Å². The number of rotatable bonds is 3. The van der Waals surface area contributed by atoms with Crippen LogP contribution in [0.15, 0.2) is 35.8 Å². The second-order valence-electron chi connectivity index (χ2n) is 6.36. The van der Waals surface area contributed by atoms with E-state index in [0.717, 1.165) is 18.5 Å². The summed E-state index contributed by atoms with van der Waals surface area (Å²) in [5, 5.41) is 9.06. The van der Waals surface area contributed by atoms with Crippen LogP contribution in [0.5, 0.6) is 0 Å². The van der Waals surface area contributed by atoms with E-state index in [9.17, 15) is 9.59 Å². The van der Waals surface area contributed by atoms with Crippen LogP contribution in [-0.4, -0.2) is 43.9 Å². The molecule has 0 aliphatic carbocycles. The zero-order valence-electron chi connectivity index (χ0n) is 14.4. The minimum atomic E-state index is -0.452. The lowest BCUT2D eigenvalue weighted by atomic mass is 10.0. The van der Waals surface area contributed by atoms with Crippen molar-refractivity contribution in [1.29, 1.82) is 0 Å². The Balaban J connectivity index is 1.53. The predicted molar refractivity (Wildman–Crippen MR) is 99.3 cm³/mol. The molecule has 1 fully saturated rings. The van der Waals surface area contributed by atoms with Gasteiger partial charge in [0.25, 0.3) is 5.91 Å². The molecule has 8 heteroatoms. The van der Waals surface area contributed by atoms with Gasteiger partial charge in [-0.1, -0.05) is 6.07 Å². The molecular weight excluding hydrogens is 350 g/mol. The summed E-state index contributed by atoms with van der Waals surface area (Å²) in [6.07, 6.45) is 4.27. The van der Waals surface area contributed by atoms with E-state index in [4.69, 9.17) is 0 Å². The van der Waals surface area contributed by atoms with Crippen molar-refractivity contribution in [3.63, 3.8) is 0 Å². The van der Waals surface area contributed by atoms with Crippen molar-refractivity contribution in [1.82, 2.24) is 19.5 Å². The van der Waals surface area contributed by atoms with Gasteiger partial charge in [-0.2, -0.15) is 5.10 Å². The third-order valence-electron chi connectivity index (χ3n) is 4.50. The summed E-state index contributed by atoms with van der Waals surface area (Å²) in [4.78, 5) is 32.2. The number of thiophene rings is 1. The fourth-order valence-electron chi connectivity index (χ4n) is 3.28. The van der Waals surface area contributed by atoms with Crippen LogP contribution in [0, 0.1) is 6.92 Å². The van der Waals surface area contributed by atoms with Crippen molar-refractivity contribution in [2.24, 2.45) is 0 Å². The van der Waals surface area contributed by atoms with Crippen molar-refractivity contribution >= 4 is 34.5 Å². The van der Waals surface area contributed by atoms with Gasteiger partial charge in [-0.05, 0) is 49.8 Å². The lowest BCUT2D eigenvalue weighted by Crippen LogP contribution is -2.49.